The zero-order valence-corrected chi connectivity index (χ0v) is 27.1. The standard InChI is InChI=1S/C34H50O13/c1-17-29(47-30-28(40)27(39)24(37)15-44-30)23(36)12-26(45-17)46-19-3-8-32(16-35)21-4-7-31(2)20(18-11-25(38)43-14-18)6-10-34(31,42)22(21)5-9-33(32,41)13-19/h11,16-17,19-24,26-30,36-37,39-42H,3-10,12-15H2,1-2H3/t17-,19-,20+,21-,22+,23-,24+,26-,27+,28-,29-,30-,31+,32-,33-,34-/m0/s1. The highest BCUT2D eigenvalue weighted by Gasteiger charge is 2.71. The number of rotatable bonds is 6. The third-order valence-electron chi connectivity index (χ3n) is 13.6. The summed E-state index contributed by atoms with van der Waals surface area (Å²) in [5, 5.41) is 65.7. The van der Waals surface area contributed by atoms with Crippen molar-refractivity contribution in [3.63, 3.8) is 0 Å². The molecule has 0 aromatic rings. The fourth-order valence-corrected chi connectivity index (χ4v) is 11.0. The third kappa shape index (κ3) is 5.18. The van der Waals surface area contributed by atoms with Crippen LogP contribution in [0.4, 0.5) is 0 Å². The summed E-state index contributed by atoms with van der Waals surface area (Å²) in [7, 11) is 0. The predicted molar refractivity (Wildman–Crippen MR) is 160 cm³/mol. The van der Waals surface area contributed by atoms with Gasteiger partial charge in [-0.25, -0.2) is 4.79 Å². The number of ether oxygens (including phenoxy) is 5. The Balaban J connectivity index is 1.01. The van der Waals surface area contributed by atoms with Crippen LogP contribution in [0.1, 0.15) is 78.1 Å². The highest BCUT2D eigenvalue weighted by Crippen LogP contribution is 2.70. The summed E-state index contributed by atoms with van der Waals surface area (Å²) in [5.74, 6) is -0.635. The van der Waals surface area contributed by atoms with Gasteiger partial charge in [0.2, 0.25) is 0 Å². The van der Waals surface area contributed by atoms with E-state index in [0.717, 1.165) is 18.3 Å². The zero-order chi connectivity index (χ0) is 33.5. The molecular weight excluding hydrogens is 616 g/mol. The molecule has 0 amide bonds. The molecule has 7 rings (SSSR count). The van der Waals surface area contributed by atoms with Gasteiger partial charge in [0.1, 0.15) is 37.3 Å². The van der Waals surface area contributed by atoms with Crippen LogP contribution in [0.3, 0.4) is 0 Å². The SMILES string of the molecule is C[C@@H]1O[C@@H](O[C@H]2CC[C@]3(C=O)[C@H]4CC[C@]5(C)[C@@H](C6=CC(=O)OC6)CC[C@]5(O)[C@@H]4CC[C@]3(O)C2)C[C@H](O)[C@H]1O[C@@H]1OC[C@@H](O)[C@@H](O)[C@@H]1O. The summed E-state index contributed by atoms with van der Waals surface area (Å²) in [6.45, 7) is 3.86. The molecule has 0 aromatic carbocycles. The average Bonchev–Trinajstić information content (AvgIpc) is 3.57. The predicted octanol–water partition coefficient (Wildman–Crippen LogP) is 0.243. The third-order valence-corrected chi connectivity index (χ3v) is 13.6. The van der Waals surface area contributed by atoms with Gasteiger partial charge in [0.15, 0.2) is 12.6 Å². The molecule has 47 heavy (non-hydrogen) atoms. The molecule has 13 heteroatoms. The van der Waals surface area contributed by atoms with Gasteiger partial charge in [-0.3, -0.25) is 0 Å². The quantitative estimate of drug-likeness (QED) is 0.128. The average molecular weight is 667 g/mol. The van der Waals surface area contributed by atoms with Crippen LogP contribution in [0, 0.1) is 28.6 Å². The van der Waals surface area contributed by atoms with Crippen LogP contribution in [-0.2, 0) is 33.3 Å². The van der Waals surface area contributed by atoms with Crippen LogP contribution < -0.4 is 0 Å². The van der Waals surface area contributed by atoms with Crippen LogP contribution >= 0.6 is 0 Å². The van der Waals surface area contributed by atoms with Crippen molar-refractivity contribution in [2.45, 2.75) is 145 Å². The van der Waals surface area contributed by atoms with Crippen molar-refractivity contribution in [3.05, 3.63) is 11.6 Å². The molecule has 0 spiro atoms. The first-order chi connectivity index (χ1) is 22.2. The molecule has 3 aliphatic heterocycles. The Labute approximate surface area is 274 Å². The number of aliphatic hydroxyl groups excluding tert-OH is 4. The number of carbonyl (C=O) groups is 2. The zero-order valence-electron chi connectivity index (χ0n) is 27.1. The first kappa shape index (κ1) is 34.0. The lowest BCUT2D eigenvalue weighted by Crippen LogP contribution is -2.69. The van der Waals surface area contributed by atoms with E-state index in [1.165, 1.54) is 0 Å². The normalized spacial score (nSPS) is 54.6. The number of fused-ring (bicyclic) bond motifs is 5. The van der Waals surface area contributed by atoms with E-state index >= 15 is 0 Å². The molecule has 0 radical (unpaired) electrons. The maximum absolute atomic E-state index is 13.1. The monoisotopic (exact) mass is 666 g/mol. The van der Waals surface area contributed by atoms with E-state index in [1.54, 1.807) is 13.0 Å². The summed E-state index contributed by atoms with van der Waals surface area (Å²) in [4.78, 5) is 25.0. The van der Waals surface area contributed by atoms with Crippen molar-refractivity contribution < 1.29 is 63.9 Å². The molecule has 13 nitrogen and oxygen atoms in total. The van der Waals surface area contributed by atoms with E-state index in [-0.39, 0.29) is 49.8 Å². The molecule has 4 aliphatic carbocycles. The highest BCUT2D eigenvalue weighted by molar-refractivity contribution is 5.85. The molecule has 4 saturated carbocycles. The molecule has 16 atom stereocenters. The lowest BCUT2D eigenvalue weighted by Gasteiger charge is -2.65. The molecule has 6 fully saturated rings. The minimum absolute atomic E-state index is 0.0370. The van der Waals surface area contributed by atoms with E-state index in [1.807, 2.05) is 0 Å². The van der Waals surface area contributed by atoms with Crippen molar-refractivity contribution in [1.82, 2.24) is 0 Å². The van der Waals surface area contributed by atoms with Gasteiger partial charge >= 0.3 is 5.97 Å². The number of aldehydes is 1. The first-order valence-corrected chi connectivity index (χ1v) is 17.3. The van der Waals surface area contributed by atoms with E-state index in [4.69, 9.17) is 23.7 Å². The van der Waals surface area contributed by atoms with Gasteiger partial charge in [-0.05, 0) is 81.6 Å². The Morgan fingerprint density at radius 3 is 2.40 bits per heavy atom. The minimum Gasteiger partial charge on any atom is -0.458 e. The molecule has 7 aliphatic rings. The fourth-order valence-electron chi connectivity index (χ4n) is 11.0. The molecule has 6 N–H and O–H groups in total. The first-order valence-electron chi connectivity index (χ1n) is 17.3. The van der Waals surface area contributed by atoms with Crippen molar-refractivity contribution in [3.8, 4) is 0 Å². The maximum atomic E-state index is 13.1. The maximum Gasteiger partial charge on any atom is 0.331 e. The van der Waals surface area contributed by atoms with E-state index in [2.05, 4.69) is 6.92 Å². The van der Waals surface area contributed by atoms with Crippen LogP contribution in [0.15, 0.2) is 11.6 Å². The van der Waals surface area contributed by atoms with Gasteiger partial charge in [-0.2, -0.15) is 0 Å². The summed E-state index contributed by atoms with van der Waals surface area (Å²) in [6.07, 6.45) is -1.89. The topological polar surface area (TPSA) is 202 Å². The van der Waals surface area contributed by atoms with Crippen molar-refractivity contribution >= 4 is 12.3 Å². The number of carbonyl (C=O) groups excluding carboxylic acids is 2. The Morgan fingerprint density at radius 2 is 1.70 bits per heavy atom. The van der Waals surface area contributed by atoms with Crippen LogP contribution in [0.2, 0.25) is 0 Å². The Kier molecular flexibility index (Phi) is 8.72. The van der Waals surface area contributed by atoms with Gasteiger partial charge in [0.05, 0.1) is 41.5 Å². The van der Waals surface area contributed by atoms with E-state index in [9.17, 15) is 40.2 Å². The number of hydrogen-bond acceptors (Lipinski definition) is 13. The van der Waals surface area contributed by atoms with Crippen molar-refractivity contribution in [2.24, 2.45) is 28.6 Å². The second-order valence-electron chi connectivity index (χ2n) is 15.7. The van der Waals surface area contributed by atoms with Crippen LogP contribution in [0.5, 0.6) is 0 Å². The van der Waals surface area contributed by atoms with Gasteiger partial charge in [-0.15, -0.1) is 0 Å². The lowest BCUT2D eigenvalue weighted by atomic mass is 9.41. The fraction of sp³-hybridized carbons (Fsp3) is 0.882. The van der Waals surface area contributed by atoms with Crippen molar-refractivity contribution in [2.75, 3.05) is 13.2 Å². The molecule has 264 valence electrons. The Bertz CT molecular complexity index is 1250. The van der Waals surface area contributed by atoms with E-state index < -0.39 is 77.3 Å². The van der Waals surface area contributed by atoms with Crippen LogP contribution in [0.25, 0.3) is 0 Å². The number of cyclic esters (lactones) is 1. The Morgan fingerprint density at radius 1 is 0.936 bits per heavy atom. The summed E-state index contributed by atoms with van der Waals surface area (Å²) in [6, 6.07) is 0. The molecule has 0 bridgehead atoms. The van der Waals surface area contributed by atoms with Crippen molar-refractivity contribution in [1.29, 1.82) is 0 Å². The second-order valence-corrected chi connectivity index (χ2v) is 15.7. The molecule has 0 unspecified atom stereocenters. The smallest absolute Gasteiger partial charge is 0.331 e. The number of aliphatic hydroxyl groups is 6. The van der Waals surface area contributed by atoms with Gasteiger partial charge in [0, 0.05) is 24.3 Å². The molecular formula is C34H50O13. The number of hydrogen-bond donors (Lipinski definition) is 6. The molecule has 2 saturated heterocycles. The summed E-state index contributed by atoms with van der Waals surface area (Å²) < 4.78 is 28.7. The van der Waals surface area contributed by atoms with Gasteiger partial charge in [0.25, 0.3) is 0 Å². The van der Waals surface area contributed by atoms with Crippen LogP contribution in [-0.4, -0.2) is 123 Å². The Hall–Kier alpha value is -1.52. The molecule has 0 aromatic heterocycles. The second kappa shape index (κ2) is 12.1. The highest BCUT2D eigenvalue weighted by atomic mass is 16.7. The summed E-state index contributed by atoms with van der Waals surface area (Å²) >= 11 is 0. The van der Waals surface area contributed by atoms with Gasteiger partial charge < -0.3 is 59.1 Å². The minimum atomic E-state index is -1.50. The largest absolute Gasteiger partial charge is 0.458 e. The van der Waals surface area contributed by atoms with E-state index in [0.29, 0.717) is 44.9 Å². The molecule has 3 heterocycles. The van der Waals surface area contributed by atoms with Gasteiger partial charge in [-0.1, -0.05) is 6.92 Å². The summed E-state index contributed by atoms with van der Waals surface area (Å²) in [5.41, 5.74) is -2.86. The number of esters is 1. The lowest BCUT2D eigenvalue weighted by molar-refractivity contribution is -0.331.